The maximum absolute atomic E-state index is 11.8. The van der Waals surface area contributed by atoms with Gasteiger partial charge >= 0.3 is 5.97 Å². The Bertz CT molecular complexity index is 708. The van der Waals surface area contributed by atoms with Crippen molar-refractivity contribution in [2.24, 2.45) is 0 Å². The molecule has 0 atom stereocenters. The normalized spacial score (nSPS) is 10.4. The van der Waals surface area contributed by atoms with E-state index in [2.05, 4.69) is 4.74 Å². The van der Waals surface area contributed by atoms with Crippen LogP contribution in [0.25, 0.3) is 0 Å². The van der Waals surface area contributed by atoms with Gasteiger partial charge in [-0.1, -0.05) is 35.3 Å². The van der Waals surface area contributed by atoms with Crippen LogP contribution >= 0.6 is 23.2 Å². The van der Waals surface area contributed by atoms with E-state index >= 15 is 0 Å². The third-order valence-corrected chi connectivity index (χ3v) is 3.50. The Morgan fingerprint density at radius 2 is 1.90 bits per heavy atom. The minimum atomic E-state index is -0.376. The number of benzene rings is 1. The number of carbonyl (C=O) groups excluding carboxylic acids is 1. The smallest absolute Gasteiger partial charge is 0.337 e. The number of halogens is 2. The Hall–Kier alpha value is -1.78. The summed E-state index contributed by atoms with van der Waals surface area (Å²) in [5.41, 5.74) is 1.21. The minimum absolute atomic E-state index is 0.100. The zero-order chi connectivity index (χ0) is 15.4. The van der Waals surface area contributed by atoms with Gasteiger partial charge in [-0.2, -0.15) is 0 Å². The molecule has 0 spiro atoms. The molecule has 0 fully saturated rings. The van der Waals surface area contributed by atoms with E-state index in [4.69, 9.17) is 23.2 Å². The topological polar surface area (TPSA) is 48.3 Å². The van der Waals surface area contributed by atoms with Gasteiger partial charge in [0.1, 0.15) is 5.02 Å². The van der Waals surface area contributed by atoms with Crippen molar-refractivity contribution >= 4 is 29.2 Å². The fourth-order valence-electron chi connectivity index (χ4n) is 1.91. The second kappa shape index (κ2) is 6.78. The molecule has 110 valence electrons. The van der Waals surface area contributed by atoms with Crippen LogP contribution in [0.3, 0.4) is 0 Å². The molecule has 0 aliphatic rings. The predicted molar refractivity (Wildman–Crippen MR) is 82.2 cm³/mol. The highest BCUT2D eigenvalue weighted by Gasteiger charge is 2.06. The van der Waals surface area contributed by atoms with E-state index in [0.29, 0.717) is 23.6 Å². The van der Waals surface area contributed by atoms with E-state index < -0.39 is 0 Å². The molecule has 1 aromatic carbocycles. The van der Waals surface area contributed by atoms with Crippen molar-refractivity contribution in [1.82, 2.24) is 4.57 Å². The summed E-state index contributed by atoms with van der Waals surface area (Å²) in [6.45, 7) is 0.455. The predicted octanol–water partition coefficient (Wildman–Crippen LogP) is 3.18. The largest absolute Gasteiger partial charge is 0.465 e. The first-order valence-electron chi connectivity index (χ1n) is 6.24. The van der Waals surface area contributed by atoms with Crippen molar-refractivity contribution in [1.29, 1.82) is 0 Å². The Balaban J connectivity index is 2.10. The summed E-state index contributed by atoms with van der Waals surface area (Å²) in [6, 6.07) is 8.45. The van der Waals surface area contributed by atoms with Crippen molar-refractivity contribution in [3.05, 3.63) is 68.1 Å². The van der Waals surface area contributed by atoms with Gasteiger partial charge in [0.15, 0.2) is 0 Å². The first-order valence-corrected chi connectivity index (χ1v) is 6.99. The number of carbonyl (C=O) groups is 1. The van der Waals surface area contributed by atoms with E-state index in [1.807, 2.05) is 12.1 Å². The zero-order valence-electron chi connectivity index (χ0n) is 11.3. The molecule has 0 saturated heterocycles. The van der Waals surface area contributed by atoms with Gasteiger partial charge in [-0.25, -0.2) is 4.79 Å². The number of pyridine rings is 1. The molecule has 2 aromatic rings. The van der Waals surface area contributed by atoms with E-state index in [1.165, 1.54) is 17.7 Å². The van der Waals surface area contributed by atoms with Crippen LogP contribution in [0, 0.1) is 0 Å². The molecule has 0 saturated carbocycles. The molecule has 0 aliphatic heterocycles. The number of hydrogen-bond acceptors (Lipinski definition) is 3. The lowest BCUT2D eigenvalue weighted by atomic mass is 10.1. The standard InChI is InChI=1S/C15H13Cl2NO3/c1-21-15(20)11-4-2-10(3-5-11)6-7-18-9-12(16)8-13(17)14(18)19/h2-5,8-9H,6-7H2,1H3. The SMILES string of the molecule is COC(=O)c1ccc(CCn2cc(Cl)cc(Cl)c2=O)cc1. The number of ether oxygens (including phenoxy) is 1. The molecule has 0 amide bonds. The van der Waals surface area contributed by atoms with Gasteiger partial charge in [-0.15, -0.1) is 0 Å². The lowest BCUT2D eigenvalue weighted by Gasteiger charge is -2.07. The van der Waals surface area contributed by atoms with Crippen LogP contribution < -0.4 is 5.56 Å². The lowest BCUT2D eigenvalue weighted by Crippen LogP contribution is -2.20. The van der Waals surface area contributed by atoms with Crippen LogP contribution in [0.1, 0.15) is 15.9 Å². The van der Waals surface area contributed by atoms with Gasteiger partial charge in [0.05, 0.1) is 17.7 Å². The summed E-state index contributed by atoms with van der Waals surface area (Å²) < 4.78 is 6.10. The van der Waals surface area contributed by atoms with Crippen molar-refractivity contribution < 1.29 is 9.53 Å². The molecule has 0 radical (unpaired) electrons. The summed E-state index contributed by atoms with van der Waals surface area (Å²) in [6.07, 6.45) is 2.18. The highest BCUT2D eigenvalue weighted by molar-refractivity contribution is 6.34. The number of methoxy groups -OCH3 is 1. The van der Waals surface area contributed by atoms with E-state index in [0.717, 1.165) is 5.56 Å². The monoisotopic (exact) mass is 325 g/mol. The molecule has 1 aromatic heterocycles. The summed E-state index contributed by atoms with van der Waals surface area (Å²) in [4.78, 5) is 23.2. The highest BCUT2D eigenvalue weighted by Crippen LogP contribution is 2.12. The molecule has 1 heterocycles. The van der Waals surface area contributed by atoms with Crippen molar-refractivity contribution in [3.8, 4) is 0 Å². The van der Waals surface area contributed by atoms with Crippen molar-refractivity contribution in [3.63, 3.8) is 0 Å². The average Bonchev–Trinajstić information content (AvgIpc) is 2.49. The quantitative estimate of drug-likeness (QED) is 0.811. The second-order valence-corrected chi connectivity index (χ2v) is 5.29. The van der Waals surface area contributed by atoms with Gasteiger partial charge in [0.25, 0.3) is 5.56 Å². The average molecular weight is 326 g/mol. The summed E-state index contributed by atoms with van der Waals surface area (Å²) >= 11 is 11.7. The highest BCUT2D eigenvalue weighted by atomic mass is 35.5. The number of aromatic nitrogens is 1. The molecular weight excluding hydrogens is 313 g/mol. The Morgan fingerprint density at radius 3 is 2.52 bits per heavy atom. The van der Waals surface area contributed by atoms with Gasteiger partial charge in [-0.3, -0.25) is 4.79 Å². The second-order valence-electron chi connectivity index (χ2n) is 4.44. The van der Waals surface area contributed by atoms with E-state index in [1.54, 1.807) is 18.3 Å². The van der Waals surface area contributed by atoms with Gasteiger partial charge < -0.3 is 9.30 Å². The molecule has 21 heavy (non-hydrogen) atoms. The van der Waals surface area contributed by atoms with Gasteiger partial charge in [0, 0.05) is 12.7 Å². The van der Waals surface area contributed by atoms with Gasteiger partial charge in [0.2, 0.25) is 0 Å². The number of hydrogen-bond donors (Lipinski definition) is 0. The Labute approximate surface area is 131 Å². The van der Waals surface area contributed by atoms with Crippen molar-refractivity contribution in [2.45, 2.75) is 13.0 Å². The van der Waals surface area contributed by atoms with Crippen LogP contribution in [0.5, 0.6) is 0 Å². The third kappa shape index (κ3) is 3.86. The van der Waals surface area contributed by atoms with Crippen LogP contribution in [-0.2, 0) is 17.7 Å². The molecule has 4 nitrogen and oxygen atoms in total. The van der Waals surface area contributed by atoms with Crippen LogP contribution in [-0.4, -0.2) is 17.6 Å². The molecule has 6 heteroatoms. The van der Waals surface area contributed by atoms with Gasteiger partial charge in [-0.05, 0) is 30.2 Å². The van der Waals surface area contributed by atoms with Crippen LogP contribution in [0.2, 0.25) is 10.0 Å². The number of esters is 1. The number of rotatable bonds is 4. The number of nitrogens with zero attached hydrogens (tertiary/aromatic N) is 1. The Kier molecular flexibility index (Phi) is 5.04. The van der Waals surface area contributed by atoms with Crippen LogP contribution in [0.4, 0.5) is 0 Å². The molecule has 0 N–H and O–H groups in total. The third-order valence-electron chi connectivity index (χ3n) is 3.03. The summed E-state index contributed by atoms with van der Waals surface area (Å²) in [5, 5.41) is 0.518. The first-order chi connectivity index (χ1) is 10.0. The zero-order valence-corrected chi connectivity index (χ0v) is 12.8. The molecule has 2 rings (SSSR count). The number of aryl methyl sites for hydroxylation is 2. The minimum Gasteiger partial charge on any atom is -0.465 e. The van der Waals surface area contributed by atoms with E-state index in [9.17, 15) is 9.59 Å². The molecule has 0 unspecified atom stereocenters. The van der Waals surface area contributed by atoms with Crippen molar-refractivity contribution in [2.75, 3.05) is 7.11 Å². The Morgan fingerprint density at radius 1 is 1.24 bits per heavy atom. The lowest BCUT2D eigenvalue weighted by molar-refractivity contribution is 0.0600. The fourth-order valence-corrected chi connectivity index (χ4v) is 2.41. The van der Waals surface area contributed by atoms with E-state index in [-0.39, 0.29) is 16.6 Å². The molecular formula is C15H13Cl2NO3. The first kappa shape index (κ1) is 15.6. The fraction of sp³-hybridized carbons (Fsp3) is 0.200. The molecule has 0 aliphatic carbocycles. The maximum Gasteiger partial charge on any atom is 0.337 e. The molecule has 0 bridgehead atoms. The maximum atomic E-state index is 11.8. The summed E-state index contributed by atoms with van der Waals surface area (Å²) in [7, 11) is 1.34. The van der Waals surface area contributed by atoms with Crippen LogP contribution in [0.15, 0.2) is 41.3 Å². The summed E-state index contributed by atoms with van der Waals surface area (Å²) in [5.74, 6) is -0.376.